The topological polar surface area (TPSA) is 106 Å². The Bertz CT molecular complexity index is 2080. The first kappa shape index (κ1) is 38.0. The zero-order valence-electron chi connectivity index (χ0n) is 31.8. The van der Waals surface area contributed by atoms with Gasteiger partial charge in [0.2, 0.25) is 11.8 Å². The number of hydrogen-bond acceptors (Lipinski definition) is 9. The molecule has 8 rings (SSSR count). The third kappa shape index (κ3) is 7.37. The summed E-state index contributed by atoms with van der Waals surface area (Å²) in [5, 5.41) is 12.0. The molecular formula is C42H47ClF2N8O3. The molecule has 5 aliphatic heterocycles. The van der Waals surface area contributed by atoms with Gasteiger partial charge in [0.1, 0.15) is 23.7 Å². The van der Waals surface area contributed by atoms with E-state index in [-0.39, 0.29) is 54.7 Å². The number of nitrogens with one attached hydrogen (secondary N) is 1. The smallest absolute Gasteiger partial charge is 0.255 e. The maximum Gasteiger partial charge on any atom is 0.255 e. The number of halogens is 3. The minimum Gasteiger partial charge on any atom is -0.369 e. The fraction of sp³-hybridized carbons (Fsp3) is 0.476. The molecule has 14 heteroatoms. The van der Waals surface area contributed by atoms with Crippen LogP contribution in [0.1, 0.15) is 61.0 Å². The zero-order chi connectivity index (χ0) is 39.2. The van der Waals surface area contributed by atoms with Gasteiger partial charge in [-0.3, -0.25) is 24.6 Å². The maximum atomic E-state index is 15.8. The van der Waals surface area contributed by atoms with Crippen LogP contribution >= 0.6 is 11.6 Å². The Morgan fingerprint density at radius 3 is 2.07 bits per heavy atom. The number of imide groups is 1. The first-order chi connectivity index (χ1) is 27.0. The van der Waals surface area contributed by atoms with Crippen molar-refractivity contribution in [1.29, 1.82) is 5.26 Å². The highest BCUT2D eigenvalue weighted by atomic mass is 35.5. The predicted molar refractivity (Wildman–Crippen MR) is 212 cm³/mol. The number of carbonyl (C=O) groups excluding carboxylic acids is 3. The van der Waals surface area contributed by atoms with Gasteiger partial charge in [-0.1, -0.05) is 11.6 Å². The van der Waals surface area contributed by atoms with Crippen molar-refractivity contribution in [3.63, 3.8) is 0 Å². The fourth-order valence-electron chi connectivity index (χ4n) is 9.26. The number of piperazine rings is 2. The van der Waals surface area contributed by atoms with Gasteiger partial charge < -0.3 is 24.5 Å². The predicted octanol–water partition coefficient (Wildman–Crippen LogP) is 5.39. The van der Waals surface area contributed by atoms with Crippen LogP contribution in [0.3, 0.4) is 0 Å². The molecule has 1 unspecified atom stereocenters. The summed E-state index contributed by atoms with van der Waals surface area (Å²) < 4.78 is 31.2. The van der Waals surface area contributed by atoms with Crippen LogP contribution in [0.2, 0.25) is 5.02 Å². The van der Waals surface area contributed by atoms with Crippen molar-refractivity contribution in [2.24, 2.45) is 5.92 Å². The summed E-state index contributed by atoms with van der Waals surface area (Å²) in [6.07, 6.45) is 2.37. The average molecular weight is 785 g/mol. The Labute approximate surface area is 331 Å². The van der Waals surface area contributed by atoms with E-state index in [9.17, 15) is 19.6 Å². The van der Waals surface area contributed by atoms with Crippen LogP contribution in [0.15, 0.2) is 48.5 Å². The number of fused-ring (bicyclic) bond motifs is 1. The Balaban J connectivity index is 0.817. The summed E-state index contributed by atoms with van der Waals surface area (Å²) in [5.74, 6) is -1.35. The van der Waals surface area contributed by atoms with Gasteiger partial charge in [-0.05, 0) is 93.1 Å². The second-order valence-electron chi connectivity index (χ2n) is 16.0. The van der Waals surface area contributed by atoms with Crippen molar-refractivity contribution in [2.75, 3.05) is 78.5 Å². The third-order valence-electron chi connectivity index (χ3n) is 12.4. The van der Waals surface area contributed by atoms with Crippen molar-refractivity contribution in [3.05, 3.63) is 81.9 Å². The van der Waals surface area contributed by atoms with Gasteiger partial charge in [-0.25, -0.2) is 8.78 Å². The SMILES string of the molecule is C[C@@H]1CN(c2ccc(C#N)c(Cl)c2)[C@@H](C)CN1c1ccc(N2CCC(CN3CCN(c4cc5c(cc4F)C(=O)N(C4CCC(=O)NC4=O)C5)CC3)CC2)c(F)c1. The molecule has 0 aromatic heterocycles. The Hall–Kier alpha value is -4.93. The van der Waals surface area contributed by atoms with Gasteiger partial charge >= 0.3 is 0 Å². The second-order valence-corrected chi connectivity index (χ2v) is 16.4. The van der Waals surface area contributed by atoms with Crippen LogP contribution in [0, 0.1) is 28.9 Å². The van der Waals surface area contributed by atoms with E-state index in [0.29, 0.717) is 46.5 Å². The normalized spacial score (nSPS) is 23.8. The summed E-state index contributed by atoms with van der Waals surface area (Å²) >= 11 is 6.33. The average Bonchev–Trinajstić information content (AvgIpc) is 3.50. The number of hydrogen-bond donors (Lipinski definition) is 1. The summed E-state index contributed by atoms with van der Waals surface area (Å²) in [6, 6.07) is 15.9. The minimum absolute atomic E-state index is 0.138. The fourth-order valence-corrected chi connectivity index (χ4v) is 9.48. The second kappa shape index (κ2) is 15.5. The molecule has 1 N–H and O–H groups in total. The van der Waals surface area contributed by atoms with E-state index in [4.69, 9.17) is 11.6 Å². The van der Waals surface area contributed by atoms with Crippen LogP contribution in [-0.2, 0) is 16.1 Å². The number of nitriles is 1. The number of rotatable bonds is 7. The number of anilines is 4. The largest absolute Gasteiger partial charge is 0.369 e. The first-order valence-corrected chi connectivity index (χ1v) is 20.1. The molecule has 3 aromatic carbocycles. The van der Waals surface area contributed by atoms with E-state index in [1.807, 2.05) is 29.2 Å². The monoisotopic (exact) mass is 784 g/mol. The van der Waals surface area contributed by atoms with Crippen molar-refractivity contribution in [3.8, 4) is 6.07 Å². The number of carbonyl (C=O) groups is 3. The number of nitrogens with zero attached hydrogens (tertiary/aromatic N) is 7. The van der Waals surface area contributed by atoms with Gasteiger partial charge in [-0.2, -0.15) is 5.26 Å². The highest BCUT2D eigenvalue weighted by molar-refractivity contribution is 6.32. The van der Waals surface area contributed by atoms with Gasteiger partial charge in [0, 0.05) is 101 Å². The highest BCUT2D eigenvalue weighted by Crippen LogP contribution is 2.35. The zero-order valence-corrected chi connectivity index (χ0v) is 32.6. The van der Waals surface area contributed by atoms with Crippen molar-refractivity contribution in [1.82, 2.24) is 15.1 Å². The molecule has 0 bridgehead atoms. The summed E-state index contributed by atoms with van der Waals surface area (Å²) in [5.41, 5.74) is 4.41. The summed E-state index contributed by atoms with van der Waals surface area (Å²) in [7, 11) is 0. The van der Waals surface area contributed by atoms with Crippen LogP contribution in [-0.4, -0.2) is 105 Å². The third-order valence-corrected chi connectivity index (χ3v) is 12.7. The Morgan fingerprint density at radius 2 is 1.43 bits per heavy atom. The molecule has 294 valence electrons. The lowest BCUT2D eigenvalue weighted by Crippen LogP contribution is -2.56. The molecule has 5 aliphatic rings. The number of amides is 3. The number of piperidine rings is 2. The Morgan fingerprint density at radius 1 is 0.786 bits per heavy atom. The molecule has 5 heterocycles. The van der Waals surface area contributed by atoms with Gasteiger partial charge in [0.15, 0.2) is 0 Å². The van der Waals surface area contributed by atoms with Crippen molar-refractivity contribution >= 4 is 52.1 Å². The van der Waals surface area contributed by atoms with Crippen molar-refractivity contribution < 1.29 is 23.2 Å². The molecular weight excluding hydrogens is 738 g/mol. The molecule has 0 saturated carbocycles. The molecule has 3 atom stereocenters. The van der Waals surface area contributed by atoms with E-state index >= 15 is 8.78 Å². The van der Waals surface area contributed by atoms with Crippen LogP contribution in [0.25, 0.3) is 0 Å². The van der Waals surface area contributed by atoms with Crippen LogP contribution < -0.4 is 24.9 Å². The maximum absolute atomic E-state index is 15.8. The molecule has 3 aromatic rings. The van der Waals surface area contributed by atoms with E-state index in [1.54, 1.807) is 18.2 Å². The van der Waals surface area contributed by atoms with Gasteiger partial charge in [0.05, 0.1) is 22.0 Å². The van der Waals surface area contributed by atoms with Gasteiger partial charge in [-0.15, -0.1) is 0 Å². The molecule has 0 radical (unpaired) electrons. The van der Waals surface area contributed by atoms with E-state index < -0.39 is 17.8 Å². The summed E-state index contributed by atoms with van der Waals surface area (Å²) in [4.78, 5) is 49.8. The van der Waals surface area contributed by atoms with E-state index in [2.05, 4.69) is 44.8 Å². The molecule has 4 fully saturated rings. The quantitative estimate of drug-likeness (QED) is 0.316. The lowest BCUT2D eigenvalue weighted by atomic mass is 9.95. The van der Waals surface area contributed by atoms with Crippen LogP contribution in [0.5, 0.6) is 0 Å². The molecule has 0 aliphatic carbocycles. The lowest BCUT2D eigenvalue weighted by molar-refractivity contribution is -0.136. The lowest BCUT2D eigenvalue weighted by Gasteiger charge is -2.46. The Kier molecular flexibility index (Phi) is 10.5. The molecule has 56 heavy (non-hydrogen) atoms. The standard InChI is InChI=1S/C42H47ClF2N8O3/c1-26-23-52(27(2)22-51(26)31-4-3-29(21-46)34(43)18-31)32-5-6-37(35(44)19-32)49-11-9-28(10-12-49)24-48-13-15-50(16-14-48)39-17-30-25-53(42(56)33(30)20-36(39)45)38-7-8-40(54)47-41(38)55/h3-6,17-20,26-28,38H,7-16,22-25H2,1-2H3,(H,47,54,55)/t26-,27+,38?/m0/s1. The van der Waals surface area contributed by atoms with E-state index in [0.717, 1.165) is 70.0 Å². The first-order valence-electron chi connectivity index (χ1n) is 19.7. The van der Waals surface area contributed by atoms with Crippen LogP contribution in [0.4, 0.5) is 31.5 Å². The molecule has 0 spiro atoms. The molecule has 3 amide bonds. The molecule has 11 nitrogen and oxygen atoms in total. The summed E-state index contributed by atoms with van der Waals surface area (Å²) in [6.45, 7) is 11.4. The minimum atomic E-state index is -0.733. The highest BCUT2D eigenvalue weighted by Gasteiger charge is 2.40. The van der Waals surface area contributed by atoms with E-state index in [1.165, 1.54) is 11.0 Å². The van der Waals surface area contributed by atoms with Gasteiger partial charge in [0.25, 0.3) is 5.91 Å². The number of benzene rings is 3. The van der Waals surface area contributed by atoms with Crippen molar-refractivity contribution in [2.45, 2.75) is 64.2 Å². The molecule has 4 saturated heterocycles.